The van der Waals surface area contributed by atoms with E-state index >= 15 is 0 Å². The largest absolute Gasteiger partial charge is 0.489 e. The summed E-state index contributed by atoms with van der Waals surface area (Å²) in [4.78, 5) is 29.1. The van der Waals surface area contributed by atoms with Crippen LogP contribution >= 0.6 is 23.7 Å². The van der Waals surface area contributed by atoms with Crippen LogP contribution in [0.5, 0.6) is 5.75 Å². The molecule has 2 aromatic carbocycles. The molecule has 10 heteroatoms. The lowest BCUT2D eigenvalue weighted by molar-refractivity contribution is -0.119. The zero-order valence-corrected chi connectivity index (χ0v) is 29.4. The number of ether oxygens (including phenoxy) is 2. The average Bonchev–Trinajstić information content (AvgIpc) is 3.62. The highest BCUT2D eigenvalue weighted by molar-refractivity contribution is 7.21. The lowest BCUT2D eigenvalue weighted by atomic mass is 9.83. The minimum absolute atomic E-state index is 0. The summed E-state index contributed by atoms with van der Waals surface area (Å²) < 4.78 is 15.3. The second kappa shape index (κ2) is 15.1. The molecule has 6 rings (SSSR count). The molecule has 47 heavy (non-hydrogen) atoms. The monoisotopic (exact) mass is 679 g/mol. The van der Waals surface area contributed by atoms with E-state index in [4.69, 9.17) is 9.47 Å². The van der Waals surface area contributed by atoms with Gasteiger partial charge in [-0.1, -0.05) is 33.1 Å². The molecular weight excluding hydrogens is 634 g/mol. The number of carboxylic acid groups (broad SMARTS) is 1. The topological polar surface area (TPSA) is 84.2 Å². The Bertz CT molecular complexity index is 1700. The maximum Gasteiger partial charge on any atom is 0.345 e. The first kappa shape index (κ1) is 34.8. The third-order valence-corrected chi connectivity index (χ3v) is 10.6. The highest BCUT2D eigenvalue weighted by atomic mass is 35.5. The Balaban J connectivity index is 0.00000433. The fourth-order valence-corrected chi connectivity index (χ4v) is 8.12. The second-order valence-electron chi connectivity index (χ2n) is 13.1. The number of carbonyl (C=O) groups is 2. The van der Waals surface area contributed by atoms with Gasteiger partial charge in [0.05, 0.1) is 29.1 Å². The maximum atomic E-state index is 12.9. The third-order valence-electron chi connectivity index (χ3n) is 9.41. The number of carboxylic acids is 1. The Morgan fingerprint density at radius 1 is 1.04 bits per heavy atom. The number of morpholine rings is 1. The number of rotatable bonds is 10. The normalized spacial score (nSPS) is 15.6. The fourth-order valence-electron chi connectivity index (χ4n) is 6.97. The Labute approximate surface area is 287 Å². The molecule has 0 bridgehead atoms. The van der Waals surface area contributed by atoms with Gasteiger partial charge in [0, 0.05) is 50.5 Å². The lowest BCUT2D eigenvalue weighted by Crippen LogP contribution is -2.37. The number of anilines is 2. The van der Waals surface area contributed by atoms with E-state index in [0.29, 0.717) is 43.0 Å². The molecule has 1 saturated carbocycles. The zero-order valence-electron chi connectivity index (χ0n) is 27.8. The first-order valence-electron chi connectivity index (χ1n) is 16.5. The number of thiophene rings is 1. The van der Waals surface area contributed by atoms with Crippen molar-refractivity contribution in [2.24, 2.45) is 13.0 Å². The van der Waals surface area contributed by atoms with Gasteiger partial charge in [0.2, 0.25) is 5.91 Å². The number of aromatic nitrogens is 1. The van der Waals surface area contributed by atoms with Crippen molar-refractivity contribution in [2.45, 2.75) is 64.9 Å². The van der Waals surface area contributed by atoms with Gasteiger partial charge in [0.15, 0.2) is 0 Å². The maximum absolute atomic E-state index is 12.9. The van der Waals surface area contributed by atoms with E-state index < -0.39 is 5.97 Å². The number of hydrogen-bond acceptors (Lipinski definition) is 6. The summed E-state index contributed by atoms with van der Waals surface area (Å²) in [6, 6.07) is 16.3. The van der Waals surface area contributed by atoms with Crippen LogP contribution < -0.4 is 14.5 Å². The second-order valence-corrected chi connectivity index (χ2v) is 14.1. The predicted octanol–water partition coefficient (Wildman–Crippen LogP) is 8.50. The standard InChI is InChI=1S/C37H45N3O5S.ClH/c1-24(2)20-33(41)38(3)28-12-15-30(40-16-18-44-19-17-40)27(21-28)23-45-29-13-10-26(11-14-29)35-34(25-8-6-5-7-9-25)36-31(39(35)4)22-32(46-36)37(42)43;/h10-15,21-22,24-25H,5-9,16-20,23H2,1-4H3,(H,42,43);1H. The first-order valence-corrected chi connectivity index (χ1v) is 17.3. The van der Waals surface area contributed by atoms with Crippen molar-refractivity contribution in [3.8, 4) is 17.0 Å². The molecule has 2 fully saturated rings. The highest BCUT2D eigenvalue weighted by Gasteiger charge is 2.28. The Morgan fingerprint density at radius 3 is 2.40 bits per heavy atom. The van der Waals surface area contributed by atoms with Crippen molar-refractivity contribution < 1.29 is 24.2 Å². The molecule has 1 aliphatic carbocycles. The number of aromatic carboxylic acids is 1. The number of amides is 1. The van der Waals surface area contributed by atoms with Crippen LogP contribution in [0.1, 0.15) is 79.1 Å². The molecule has 2 aromatic heterocycles. The molecule has 0 spiro atoms. The van der Waals surface area contributed by atoms with E-state index in [0.717, 1.165) is 64.4 Å². The molecule has 252 valence electrons. The summed E-state index contributed by atoms with van der Waals surface area (Å²) in [6.07, 6.45) is 6.45. The molecule has 0 radical (unpaired) electrons. The van der Waals surface area contributed by atoms with E-state index in [-0.39, 0.29) is 18.3 Å². The SMILES string of the molecule is CC(C)CC(=O)N(C)c1ccc(N2CCOCC2)c(COc2ccc(-c3c(C4CCCCC4)c4sc(C(=O)O)cc4n3C)cc2)c1.Cl. The lowest BCUT2D eigenvalue weighted by Gasteiger charge is -2.31. The van der Waals surface area contributed by atoms with Crippen LogP contribution in [0.2, 0.25) is 0 Å². The van der Waals surface area contributed by atoms with Crippen molar-refractivity contribution >= 4 is 57.2 Å². The highest BCUT2D eigenvalue weighted by Crippen LogP contribution is 2.46. The van der Waals surface area contributed by atoms with Gasteiger partial charge in [0.1, 0.15) is 17.2 Å². The van der Waals surface area contributed by atoms with Crippen molar-refractivity contribution in [3.05, 3.63) is 64.5 Å². The number of hydrogen-bond donors (Lipinski definition) is 1. The van der Waals surface area contributed by atoms with Crippen LogP contribution in [-0.2, 0) is 23.2 Å². The summed E-state index contributed by atoms with van der Waals surface area (Å²) in [7, 11) is 3.89. The van der Waals surface area contributed by atoms with E-state index in [1.807, 2.05) is 31.3 Å². The van der Waals surface area contributed by atoms with Crippen LogP contribution in [0.4, 0.5) is 11.4 Å². The predicted molar refractivity (Wildman–Crippen MR) is 193 cm³/mol. The number of carbonyl (C=O) groups excluding carboxylic acids is 1. The molecule has 1 saturated heterocycles. The van der Waals surface area contributed by atoms with Gasteiger partial charge in [-0.3, -0.25) is 4.79 Å². The van der Waals surface area contributed by atoms with E-state index in [1.165, 1.54) is 41.9 Å². The van der Waals surface area contributed by atoms with E-state index in [9.17, 15) is 14.7 Å². The molecule has 0 unspecified atom stereocenters. The smallest absolute Gasteiger partial charge is 0.345 e. The summed E-state index contributed by atoms with van der Waals surface area (Å²) >= 11 is 1.40. The van der Waals surface area contributed by atoms with Crippen molar-refractivity contribution in [1.82, 2.24) is 4.57 Å². The number of aryl methyl sites for hydroxylation is 1. The van der Waals surface area contributed by atoms with Crippen molar-refractivity contribution in [1.29, 1.82) is 0 Å². The molecule has 3 heterocycles. The van der Waals surface area contributed by atoms with Gasteiger partial charge in [0.25, 0.3) is 0 Å². The van der Waals surface area contributed by atoms with Gasteiger partial charge in [-0.2, -0.15) is 0 Å². The molecule has 1 amide bonds. The Morgan fingerprint density at radius 2 is 1.74 bits per heavy atom. The van der Waals surface area contributed by atoms with Crippen LogP contribution in [0.3, 0.4) is 0 Å². The molecular formula is C37H46ClN3O5S. The zero-order chi connectivity index (χ0) is 32.4. The minimum atomic E-state index is -0.866. The van der Waals surface area contributed by atoms with E-state index in [2.05, 4.69) is 54.6 Å². The van der Waals surface area contributed by atoms with Gasteiger partial charge in [-0.05, 0) is 84.3 Å². The van der Waals surface area contributed by atoms with Crippen LogP contribution in [-0.4, -0.2) is 54.9 Å². The van der Waals surface area contributed by atoms with Gasteiger partial charge in [-0.15, -0.1) is 23.7 Å². The number of nitrogens with zero attached hydrogens (tertiary/aromatic N) is 3. The summed E-state index contributed by atoms with van der Waals surface area (Å²) in [6.45, 7) is 7.50. The van der Waals surface area contributed by atoms with Crippen molar-refractivity contribution in [3.63, 3.8) is 0 Å². The van der Waals surface area contributed by atoms with Gasteiger partial charge in [-0.25, -0.2) is 4.79 Å². The summed E-state index contributed by atoms with van der Waals surface area (Å²) in [5, 5.41) is 9.70. The summed E-state index contributed by atoms with van der Waals surface area (Å²) in [5.74, 6) is 0.731. The molecule has 0 atom stereocenters. The number of benzene rings is 2. The quantitative estimate of drug-likeness (QED) is 0.181. The van der Waals surface area contributed by atoms with E-state index in [1.54, 1.807) is 4.90 Å². The molecule has 4 aromatic rings. The molecule has 1 aliphatic heterocycles. The first-order chi connectivity index (χ1) is 22.2. The molecule has 8 nitrogen and oxygen atoms in total. The Kier molecular flexibility index (Phi) is 11.2. The number of halogens is 1. The van der Waals surface area contributed by atoms with Crippen LogP contribution in [0, 0.1) is 5.92 Å². The van der Waals surface area contributed by atoms with Crippen molar-refractivity contribution in [2.75, 3.05) is 43.2 Å². The fraction of sp³-hybridized carbons (Fsp3) is 0.459. The molecule has 1 N–H and O–H groups in total. The summed E-state index contributed by atoms with van der Waals surface area (Å²) in [5.41, 5.74) is 7.57. The third kappa shape index (κ3) is 7.47. The van der Waals surface area contributed by atoms with Gasteiger partial charge >= 0.3 is 5.97 Å². The number of fused-ring (bicyclic) bond motifs is 1. The van der Waals surface area contributed by atoms with Gasteiger partial charge < -0.3 is 28.9 Å². The van der Waals surface area contributed by atoms with Crippen LogP contribution in [0.25, 0.3) is 21.5 Å². The minimum Gasteiger partial charge on any atom is -0.489 e. The average molecular weight is 680 g/mol. The Hall–Kier alpha value is -3.53. The van der Waals surface area contributed by atoms with Crippen LogP contribution in [0.15, 0.2) is 48.5 Å². The molecule has 2 aliphatic rings.